The van der Waals surface area contributed by atoms with Crippen LogP contribution in [0, 0.1) is 23.7 Å². The van der Waals surface area contributed by atoms with Gasteiger partial charge in [0.25, 0.3) is 0 Å². The van der Waals surface area contributed by atoms with Gasteiger partial charge in [-0.25, -0.2) is 4.39 Å². The predicted octanol–water partition coefficient (Wildman–Crippen LogP) is 8.12. The van der Waals surface area contributed by atoms with Crippen molar-refractivity contribution >= 4 is 5.83 Å². The first-order chi connectivity index (χ1) is 13.3. The summed E-state index contributed by atoms with van der Waals surface area (Å²) < 4.78 is 50.3. The van der Waals surface area contributed by atoms with Crippen LogP contribution >= 0.6 is 0 Å². The number of allylic oxidation sites excluding steroid dienone is 1. The van der Waals surface area contributed by atoms with Crippen LogP contribution in [0.3, 0.4) is 0 Å². The summed E-state index contributed by atoms with van der Waals surface area (Å²) in [6.45, 7) is 2.38. The average molecular weight is 397 g/mol. The molecule has 0 aromatic heterocycles. The minimum Gasteiger partial charge on any atom is -0.206 e. The van der Waals surface area contributed by atoms with Gasteiger partial charge in [-0.15, -0.1) is 0 Å². The van der Waals surface area contributed by atoms with E-state index in [9.17, 15) is 17.6 Å². The summed E-state index contributed by atoms with van der Waals surface area (Å²) in [6, 6.07) is 6.42. The molecule has 2 fully saturated rings. The molecule has 0 radical (unpaired) electrons. The van der Waals surface area contributed by atoms with E-state index in [1.165, 1.54) is 63.5 Å². The minimum absolute atomic E-state index is 0.0108. The molecular weight excluding hydrogens is 364 g/mol. The predicted molar refractivity (Wildman–Crippen MR) is 106 cm³/mol. The molecule has 0 heterocycles. The quantitative estimate of drug-likeness (QED) is 0.441. The van der Waals surface area contributed by atoms with Crippen LogP contribution in [0.15, 0.2) is 30.3 Å². The summed E-state index contributed by atoms with van der Waals surface area (Å²) >= 11 is 0. The lowest BCUT2D eigenvalue weighted by Gasteiger charge is -2.37. The minimum atomic E-state index is -4.63. The van der Waals surface area contributed by atoms with E-state index in [0.717, 1.165) is 42.1 Å². The van der Waals surface area contributed by atoms with Gasteiger partial charge in [0.1, 0.15) is 5.83 Å². The molecule has 156 valence electrons. The molecule has 0 nitrogen and oxygen atoms in total. The Balaban J connectivity index is 1.42. The van der Waals surface area contributed by atoms with Gasteiger partial charge in [-0.2, -0.15) is 13.2 Å². The number of benzene rings is 1. The average Bonchev–Trinajstić information content (AvgIpc) is 2.66. The smallest absolute Gasteiger partial charge is 0.206 e. The second-order valence-electron chi connectivity index (χ2n) is 9.07. The van der Waals surface area contributed by atoms with Crippen LogP contribution in [0.1, 0.15) is 75.8 Å². The van der Waals surface area contributed by atoms with Crippen molar-refractivity contribution in [2.75, 3.05) is 0 Å². The van der Waals surface area contributed by atoms with E-state index in [1.54, 1.807) is 12.1 Å². The van der Waals surface area contributed by atoms with Gasteiger partial charge in [-0.1, -0.05) is 56.9 Å². The molecule has 0 saturated heterocycles. The zero-order valence-corrected chi connectivity index (χ0v) is 16.8. The normalized spacial score (nSPS) is 29.7. The summed E-state index contributed by atoms with van der Waals surface area (Å²) in [5.41, 5.74) is 1.07. The lowest BCUT2D eigenvalue weighted by molar-refractivity contribution is -0.0798. The summed E-state index contributed by atoms with van der Waals surface area (Å²) in [6.07, 6.45) is 8.09. The lowest BCUT2D eigenvalue weighted by Crippen LogP contribution is -2.25. The van der Waals surface area contributed by atoms with E-state index in [1.807, 2.05) is 0 Å². The number of aryl methyl sites for hydroxylation is 1. The topological polar surface area (TPSA) is 0 Å². The molecule has 0 aliphatic heterocycles. The molecule has 0 spiro atoms. The fourth-order valence-corrected chi connectivity index (χ4v) is 5.13. The van der Waals surface area contributed by atoms with Crippen LogP contribution in [0.4, 0.5) is 17.6 Å². The van der Waals surface area contributed by atoms with E-state index >= 15 is 0 Å². The Bertz CT molecular complexity index is 628. The van der Waals surface area contributed by atoms with Gasteiger partial charge in [0.2, 0.25) is 0 Å². The molecular formula is C24H32F4. The van der Waals surface area contributed by atoms with Crippen molar-refractivity contribution in [3.05, 3.63) is 41.5 Å². The van der Waals surface area contributed by atoms with Crippen molar-refractivity contribution in [2.24, 2.45) is 23.7 Å². The molecule has 0 atom stereocenters. The Kier molecular flexibility index (Phi) is 7.22. The van der Waals surface area contributed by atoms with Crippen LogP contribution in [0.2, 0.25) is 0 Å². The largest absolute Gasteiger partial charge is 0.412 e. The Labute approximate surface area is 166 Å². The first-order valence-electron chi connectivity index (χ1n) is 10.8. The third-order valence-corrected chi connectivity index (χ3v) is 6.98. The highest BCUT2D eigenvalue weighted by atomic mass is 19.4. The second kappa shape index (κ2) is 9.45. The van der Waals surface area contributed by atoms with E-state index in [-0.39, 0.29) is 11.6 Å². The number of alkyl halides is 3. The summed E-state index contributed by atoms with van der Waals surface area (Å²) in [4.78, 5) is 0. The molecule has 4 heteroatoms. The Hall–Kier alpha value is -1.32. The highest BCUT2D eigenvalue weighted by Gasteiger charge is 2.29. The van der Waals surface area contributed by atoms with Crippen LogP contribution in [0.25, 0.3) is 5.83 Å². The first kappa shape index (κ1) is 21.4. The molecule has 2 saturated carbocycles. The third-order valence-electron chi connectivity index (χ3n) is 6.98. The maximum atomic E-state index is 13.6. The van der Waals surface area contributed by atoms with Gasteiger partial charge in [-0.05, 0) is 67.8 Å². The highest BCUT2D eigenvalue weighted by molar-refractivity contribution is 5.59. The van der Waals surface area contributed by atoms with Crippen LogP contribution in [0.5, 0.6) is 0 Å². The van der Waals surface area contributed by atoms with Gasteiger partial charge < -0.3 is 0 Å². The fourth-order valence-electron chi connectivity index (χ4n) is 5.13. The monoisotopic (exact) mass is 396 g/mol. The molecule has 28 heavy (non-hydrogen) atoms. The molecule has 0 bridgehead atoms. The van der Waals surface area contributed by atoms with Crippen molar-refractivity contribution < 1.29 is 17.6 Å². The number of halogens is 4. The molecule has 0 amide bonds. The zero-order chi connectivity index (χ0) is 20.1. The lowest BCUT2D eigenvalue weighted by atomic mass is 9.69. The number of rotatable bonds is 5. The number of hydrogen-bond donors (Lipinski definition) is 0. The summed E-state index contributed by atoms with van der Waals surface area (Å²) in [7, 11) is 0. The molecule has 2 aliphatic carbocycles. The summed E-state index contributed by atoms with van der Waals surface area (Å²) in [5, 5.41) is 0. The van der Waals surface area contributed by atoms with Gasteiger partial charge in [0, 0.05) is 5.56 Å². The van der Waals surface area contributed by atoms with E-state index in [0.29, 0.717) is 0 Å². The second-order valence-corrected chi connectivity index (χ2v) is 9.07. The van der Waals surface area contributed by atoms with Gasteiger partial charge >= 0.3 is 6.18 Å². The van der Waals surface area contributed by atoms with Crippen LogP contribution < -0.4 is 0 Å². The van der Waals surface area contributed by atoms with Gasteiger partial charge in [-0.3, -0.25) is 0 Å². The standard InChI is InChI=1S/C24H32F4/c1-17-2-10-20(11-3-17)21-12-6-18(7-13-21)4-5-19-8-14-22(15-9-19)23(25)16-24(26,27)28/h8-9,14-18,20-21H,2-7,10-13H2,1H3/b23-16-. The van der Waals surface area contributed by atoms with Crippen molar-refractivity contribution in [3.8, 4) is 0 Å². The zero-order valence-electron chi connectivity index (χ0n) is 16.8. The van der Waals surface area contributed by atoms with Crippen molar-refractivity contribution in [3.63, 3.8) is 0 Å². The Morgan fingerprint density at radius 2 is 1.43 bits per heavy atom. The van der Waals surface area contributed by atoms with Crippen LogP contribution in [-0.4, -0.2) is 6.18 Å². The Morgan fingerprint density at radius 1 is 0.893 bits per heavy atom. The van der Waals surface area contributed by atoms with E-state index < -0.39 is 12.0 Å². The Morgan fingerprint density at radius 3 is 1.96 bits per heavy atom. The molecule has 3 rings (SSSR count). The van der Waals surface area contributed by atoms with Gasteiger partial charge in [0.15, 0.2) is 0 Å². The molecule has 2 aliphatic rings. The van der Waals surface area contributed by atoms with E-state index in [4.69, 9.17) is 0 Å². The first-order valence-corrected chi connectivity index (χ1v) is 10.8. The van der Waals surface area contributed by atoms with Crippen molar-refractivity contribution in [1.82, 2.24) is 0 Å². The molecule has 1 aromatic rings. The van der Waals surface area contributed by atoms with E-state index in [2.05, 4.69) is 6.92 Å². The maximum absolute atomic E-state index is 13.6. The fraction of sp³-hybridized carbons (Fsp3) is 0.667. The molecule has 1 aromatic carbocycles. The molecule has 0 unspecified atom stereocenters. The highest BCUT2D eigenvalue weighted by Crippen LogP contribution is 2.42. The van der Waals surface area contributed by atoms with Gasteiger partial charge in [0.05, 0.1) is 6.08 Å². The third kappa shape index (κ3) is 6.35. The van der Waals surface area contributed by atoms with Crippen LogP contribution in [-0.2, 0) is 6.42 Å². The SMILES string of the molecule is CC1CCC(C2CCC(CCc3ccc(/C(F)=C/C(F)(F)F)cc3)CC2)CC1. The number of hydrogen-bond acceptors (Lipinski definition) is 0. The molecule has 0 N–H and O–H groups in total. The maximum Gasteiger partial charge on any atom is 0.412 e. The van der Waals surface area contributed by atoms with Crippen molar-refractivity contribution in [2.45, 2.75) is 77.3 Å². The van der Waals surface area contributed by atoms with Crippen molar-refractivity contribution in [1.29, 1.82) is 0 Å². The summed E-state index contributed by atoms with van der Waals surface area (Å²) in [5.74, 6) is 2.31.